The zero-order valence-corrected chi connectivity index (χ0v) is 13.0. The maximum absolute atomic E-state index is 11.5. The molecule has 2 aliphatic rings. The molecule has 1 aromatic rings. The fourth-order valence-electron chi connectivity index (χ4n) is 4.60. The molecular formula is C18H23NO2. The zero-order valence-electron chi connectivity index (χ0n) is 13.0. The first-order chi connectivity index (χ1) is 9.85. The summed E-state index contributed by atoms with van der Waals surface area (Å²) < 4.78 is 5.71. The zero-order chi connectivity index (χ0) is 15.3. The Hall–Kier alpha value is -1.53. The molecule has 1 saturated carbocycles. The van der Waals surface area contributed by atoms with Crippen LogP contribution < -0.4 is 4.74 Å². The van der Waals surface area contributed by atoms with Crippen LogP contribution in [0.3, 0.4) is 0 Å². The fourth-order valence-corrected chi connectivity index (χ4v) is 4.60. The fraction of sp³-hybridized carbons (Fsp3) is 0.611. The van der Waals surface area contributed by atoms with Crippen molar-refractivity contribution in [2.24, 2.45) is 11.3 Å². The van der Waals surface area contributed by atoms with Crippen molar-refractivity contribution < 1.29 is 9.84 Å². The number of nitriles is 1. The van der Waals surface area contributed by atoms with Gasteiger partial charge in [-0.15, -0.1) is 0 Å². The first-order valence-electron chi connectivity index (χ1n) is 7.71. The van der Waals surface area contributed by atoms with E-state index < -0.39 is 11.0 Å². The third kappa shape index (κ3) is 1.89. The van der Waals surface area contributed by atoms with Gasteiger partial charge in [-0.25, -0.2) is 0 Å². The molecule has 0 saturated heterocycles. The molecule has 21 heavy (non-hydrogen) atoms. The molecule has 1 aliphatic heterocycles. The number of benzene rings is 1. The number of hydrogen-bond donors (Lipinski definition) is 1. The second-order valence-electron chi connectivity index (χ2n) is 7.48. The van der Waals surface area contributed by atoms with Crippen molar-refractivity contribution in [1.82, 2.24) is 0 Å². The maximum atomic E-state index is 11.5. The lowest BCUT2D eigenvalue weighted by Crippen LogP contribution is -2.55. The average Bonchev–Trinajstić information content (AvgIpc) is 2.67. The Bertz CT molecular complexity index is 603. The van der Waals surface area contributed by atoms with Crippen LogP contribution in [0.15, 0.2) is 24.3 Å². The van der Waals surface area contributed by atoms with Gasteiger partial charge in [-0.2, -0.15) is 5.26 Å². The van der Waals surface area contributed by atoms with E-state index in [-0.39, 0.29) is 11.3 Å². The second kappa shape index (κ2) is 4.48. The number of rotatable bonds is 1. The first-order valence-corrected chi connectivity index (χ1v) is 7.71. The summed E-state index contributed by atoms with van der Waals surface area (Å²) in [6.45, 7) is 6.92. The van der Waals surface area contributed by atoms with Gasteiger partial charge in [0.15, 0.2) is 0 Å². The van der Waals surface area contributed by atoms with Gasteiger partial charge in [0.05, 0.1) is 18.3 Å². The molecule has 3 atom stereocenters. The van der Waals surface area contributed by atoms with Crippen molar-refractivity contribution in [3.63, 3.8) is 0 Å². The molecule has 112 valence electrons. The summed E-state index contributed by atoms with van der Waals surface area (Å²) in [6, 6.07) is 10.2. The molecule has 1 fully saturated rings. The molecule has 0 aromatic heterocycles. The summed E-state index contributed by atoms with van der Waals surface area (Å²) >= 11 is 0. The van der Waals surface area contributed by atoms with E-state index in [0.717, 1.165) is 17.7 Å². The van der Waals surface area contributed by atoms with Crippen LogP contribution in [0.4, 0.5) is 0 Å². The number of aliphatic hydroxyl groups is 1. The first kappa shape index (κ1) is 14.4. The minimum Gasteiger partial charge on any atom is -0.493 e. The van der Waals surface area contributed by atoms with Gasteiger partial charge in [0, 0.05) is 12.0 Å². The smallest absolute Gasteiger partial charge is 0.124 e. The van der Waals surface area contributed by atoms with E-state index in [1.807, 2.05) is 24.3 Å². The molecule has 3 nitrogen and oxygen atoms in total. The summed E-state index contributed by atoms with van der Waals surface area (Å²) in [5.41, 5.74) is -0.948. The molecule has 1 N–H and O–H groups in total. The second-order valence-corrected chi connectivity index (χ2v) is 7.48. The van der Waals surface area contributed by atoms with Crippen molar-refractivity contribution in [3.8, 4) is 11.8 Å². The van der Waals surface area contributed by atoms with Crippen molar-refractivity contribution >= 4 is 0 Å². The number of para-hydroxylation sites is 1. The van der Waals surface area contributed by atoms with Crippen LogP contribution in [0.2, 0.25) is 0 Å². The highest BCUT2D eigenvalue weighted by molar-refractivity contribution is 5.49. The molecule has 3 unspecified atom stereocenters. The monoisotopic (exact) mass is 285 g/mol. The Morgan fingerprint density at radius 3 is 2.67 bits per heavy atom. The molecular weight excluding hydrogens is 262 g/mol. The SMILES string of the molecule is CC1CC(C)(C)CC1(O)C1(C#N)CCOc2ccccc21. The molecule has 3 rings (SSSR count). The molecule has 1 heterocycles. The molecule has 0 radical (unpaired) electrons. The summed E-state index contributed by atoms with van der Waals surface area (Å²) in [6.07, 6.45) is 2.15. The Morgan fingerprint density at radius 2 is 2.05 bits per heavy atom. The molecule has 3 heteroatoms. The quantitative estimate of drug-likeness (QED) is 0.860. The number of fused-ring (bicyclic) bond motifs is 1. The van der Waals surface area contributed by atoms with Gasteiger partial charge in [-0.05, 0) is 30.2 Å². The van der Waals surface area contributed by atoms with Gasteiger partial charge < -0.3 is 9.84 Å². The third-order valence-electron chi connectivity index (χ3n) is 5.43. The van der Waals surface area contributed by atoms with E-state index in [9.17, 15) is 10.4 Å². The van der Waals surface area contributed by atoms with Crippen LogP contribution in [0.5, 0.6) is 5.75 Å². The normalized spacial score (nSPS) is 37.4. The topological polar surface area (TPSA) is 53.2 Å². The lowest BCUT2D eigenvalue weighted by atomic mass is 9.61. The number of hydrogen-bond acceptors (Lipinski definition) is 3. The summed E-state index contributed by atoms with van der Waals surface area (Å²) in [4.78, 5) is 0. The van der Waals surface area contributed by atoms with Crippen LogP contribution in [-0.2, 0) is 5.41 Å². The van der Waals surface area contributed by atoms with Crippen LogP contribution in [0, 0.1) is 22.7 Å². The van der Waals surface area contributed by atoms with Crippen molar-refractivity contribution in [1.29, 1.82) is 5.26 Å². The van der Waals surface area contributed by atoms with E-state index in [1.165, 1.54) is 0 Å². The molecule has 0 bridgehead atoms. The van der Waals surface area contributed by atoms with E-state index in [4.69, 9.17) is 4.74 Å². The van der Waals surface area contributed by atoms with Crippen LogP contribution >= 0.6 is 0 Å². The maximum Gasteiger partial charge on any atom is 0.124 e. The van der Waals surface area contributed by atoms with Gasteiger partial charge in [0.1, 0.15) is 11.2 Å². The van der Waals surface area contributed by atoms with Gasteiger partial charge >= 0.3 is 0 Å². The van der Waals surface area contributed by atoms with E-state index in [2.05, 4.69) is 26.8 Å². The van der Waals surface area contributed by atoms with Crippen molar-refractivity contribution in [3.05, 3.63) is 29.8 Å². The van der Waals surface area contributed by atoms with E-state index in [0.29, 0.717) is 19.4 Å². The number of ether oxygens (including phenoxy) is 1. The largest absolute Gasteiger partial charge is 0.493 e. The van der Waals surface area contributed by atoms with Gasteiger partial charge in [-0.3, -0.25) is 0 Å². The number of nitrogens with zero attached hydrogens (tertiary/aromatic N) is 1. The third-order valence-corrected chi connectivity index (χ3v) is 5.43. The molecule has 1 aliphatic carbocycles. The lowest BCUT2D eigenvalue weighted by molar-refractivity contribution is -0.0616. The molecule has 0 amide bonds. The summed E-state index contributed by atoms with van der Waals surface area (Å²) in [7, 11) is 0. The summed E-state index contributed by atoms with van der Waals surface area (Å²) in [5, 5.41) is 21.6. The van der Waals surface area contributed by atoms with Crippen molar-refractivity contribution in [2.45, 2.75) is 51.0 Å². The van der Waals surface area contributed by atoms with E-state index >= 15 is 0 Å². The average molecular weight is 285 g/mol. The highest BCUT2D eigenvalue weighted by atomic mass is 16.5. The standard InChI is InChI=1S/C18H23NO2/c1-13-10-16(2,3)11-18(13,20)17(12-19)8-9-21-15-7-5-4-6-14(15)17/h4-7,13,20H,8-11H2,1-3H3. The van der Waals surface area contributed by atoms with Gasteiger partial charge in [0.25, 0.3) is 0 Å². The van der Waals surface area contributed by atoms with Gasteiger partial charge in [-0.1, -0.05) is 39.0 Å². The van der Waals surface area contributed by atoms with Crippen LogP contribution in [0.1, 0.15) is 45.6 Å². The highest BCUT2D eigenvalue weighted by Gasteiger charge is 2.62. The Balaban J connectivity index is 2.18. The van der Waals surface area contributed by atoms with E-state index in [1.54, 1.807) is 0 Å². The van der Waals surface area contributed by atoms with Gasteiger partial charge in [0.2, 0.25) is 0 Å². The minimum atomic E-state index is -0.995. The minimum absolute atomic E-state index is 0.0608. The summed E-state index contributed by atoms with van der Waals surface area (Å²) in [5.74, 6) is 0.842. The van der Waals surface area contributed by atoms with Crippen LogP contribution in [0.25, 0.3) is 0 Å². The lowest BCUT2D eigenvalue weighted by Gasteiger charge is -2.46. The predicted octanol–water partition coefficient (Wildman–Crippen LogP) is 3.42. The molecule has 1 aromatic carbocycles. The highest BCUT2D eigenvalue weighted by Crippen LogP contribution is 2.58. The molecule has 0 spiro atoms. The Kier molecular flexibility index (Phi) is 3.07. The predicted molar refractivity (Wildman–Crippen MR) is 81.0 cm³/mol. The van der Waals surface area contributed by atoms with Crippen molar-refractivity contribution in [2.75, 3.05) is 6.61 Å². The Labute approximate surface area is 126 Å². The Morgan fingerprint density at radius 1 is 1.33 bits per heavy atom. The van der Waals surface area contributed by atoms with Crippen LogP contribution in [-0.4, -0.2) is 17.3 Å².